The molecule has 1 aliphatic heterocycles. The number of hydrogen-bond acceptors (Lipinski definition) is 6. The molecule has 0 spiro atoms. The minimum absolute atomic E-state index is 0.0272. The summed E-state index contributed by atoms with van der Waals surface area (Å²) in [5.74, 6) is -1.63. The van der Waals surface area contributed by atoms with Crippen molar-refractivity contribution in [1.29, 1.82) is 0 Å². The number of halogens is 5. The third kappa shape index (κ3) is 8.10. The highest BCUT2D eigenvalue weighted by Gasteiger charge is 2.36. The number of piperidine rings is 1. The average Bonchev–Trinajstić information content (AvgIpc) is 2.90. The van der Waals surface area contributed by atoms with E-state index in [0.29, 0.717) is 25.9 Å². The lowest BCUT2D eigenvalue weighted by molar-refractivity contribution is -0.138. The summed E-state index contributed by atoms with van der Waals surface area (Å²) in [5.41, 5.74) is 4.04. The Balaban J connectivity index is 1.83. The third-order valence-corrected chi connectivity index (χ3v) is 9.04. The van der Waals surface area contributed by atoms with E-state index in [1.54, 1.807) is 4.90 Å². The zero-order valence-electron chi connectivity index (χ0n) is 21.8. The predicted octanol–water partition coefficient (Wildman–Crippen LogP) is 4.02. The van der Waals surface area contributed by atoms with Crippen molar-refractivity contribution < 1.29 is 31.2 Å². The normalized spacial score (nSPS) is 16.5. The number of sulfone groups is 1. The molecule has 1 fully saturated rings. The molecule has 0 aromatic heterocycles. The summed E-state index contributed by atoms with van der Waals surface area (Å²) in [7, 11) is -3.64. The van der Waals surface area contributed by atoms with Gasteiger partial charge in [0, 0.05) is 48.3 Å². The van der Waals surface area contributed by atoms with Gasteiger partial charge in [0.2, 0.25) is 5.91 Å². The number of amides is 2. The molecule has 3 rings (SSSR count). The van der Waals surface area contributed by atoms with E-state index in [1.807, 2.05) is 0 Å². The van der Waals surface area contributed by atoms with Crippen molar-refractivity contribution in [3.8, 4) is 0 Å². The number of nitrogens with two attached hydrogens (primary N) is 1. The number of nitrogens with one attached hydrogen (secondary N) is 2. The number of carbonyl (C=O) groups is 2. The van der Waals surface area contributed by atoms with Gasteiger partial charge in [0.05, 0.1) is 22.1 Å². The standard InChI is InChI=1S/C26H31Cl2F3N4O4S/c1-2-40(38,39)23-6-5-19(27)10-18(23)13-34-25(37)17-11-21(26(29,30)31)20(22(28)12-17)15-35-9-3-4-16(14-35)24(36)33-8-7-32/h5-6,10-12,16H,2-4,7-9,13-15,32H2,1H3,(H,33,36)(H,34,37)/t16-/m0/s1. The van der Waals surface area contributed by atoms with Crippen LogP contribution in [0.25, 0.3) is 0 Å². The molecule has 2 aromatic rings. The van der Waals surface area contributed by atoms with Gasteiger partial charge >= 0.3 is 6.18 Å². The van der Waals surface area contributed by atoms with Crippen LogP contribution in [0.1, 0.15) is 46.8 Å². The Morgan fingerprint density at radius 3 is 2.52 bits per heavy atom. The number of rotatable bonds is 10. The van der Waals surface area contributed by atoms with Crippen molar-refractivity contribution in [3.63, 3.8) is 0 Å². The molecule has 1 atom stereocenters. The Morgan fingerprint density at radius 2 is 1.88 bits per heavy atom. The monoisotopic (exact) mass is 622 g/mol. The molecule has 8 nitrogen and oxygen atoms in total. The summed E-state index contributed by atoms with van der Waals surface area (Å²) in [6.07, 6.45) is -3.57. The molecular formula is C26H31Cl2F3N4O4S. The first kappa shape index (κ1) is 32.1. The molecule has 0 bridgehead atoms. The van der Waals surface area contributed by atoms with Crippen LogP contribution in [-0.2, 0) is 33.9 Å². The quantitative estimate of drug-likeness (QED) is 0.368. The summed E-state index contributed by atoms with van der Waals surface area (Å²) < 4.78 is 67.2. The van der Waals surface area contributed by atoms with Crippen LogP contribution >= 0.6 is 23.2 Å². The second kappa shape index (κ2) is 13.5. The summed E-state index contributed by atoms with van der Waals surface area (Å²) in [5, 5.41) is 5.18. The van der Waals surface area contributed by atoms with Crippen LogP contribution in [0, 0.1) is 5.92 Å². The molecule has 0 unspecified atom stereocenters. The Morgan fingerprint density at radius 1 is 1.15 bits per heavy atom. The maximum Gasteiger partial charge on any atom is 0.416 e. The predicted molar refractivity (Wildman–Crippen MR) is 147 cm³/mol. The number of benzene rings is 2. The van der Waals surface area contributed by atoms with Crippen molar-refractivity contribution in [2.24, 2.45) is 11.7 Å². The lowest BCUT2D eigenvalue weighted by Crippen LogP contribution is -2.43. The lowest BCUT2D eigenvalue weighted by atomic mass is 9.95. The van der Waals surface area contributed by atoms with Crippen LogP contribution in [0.5, 0.6) is 0 Å². The van der Waals surface area contributed by atoms with Crippen LogP contribution in [-0.4, -0.2) is 57.1 Å². The zero-order chi connectivity index (χ0) is 29.7. The Hall–Kier alpha value is -2.38. The molecule has 1 aliphatic rings. The van der Waals surface area contributed by atoms with Crippen LogP contribution < -0.4 is 16.4 Å². The van der Waals surface area contributed by atoms with Crippen LogP contribution in [0.4, 0.5) is 13.2 Å². The van der Waals surface area contributed by atoms with Gasteiger partial charge < -0.3 is 16.4 Å². The van der Waals surface area contributed by atoms with Crippen LogP contribution in [0.15, 0.2) is 35.2 Å². The maximum absolute atomic E-state index is 14.1. The van der Waals surface area contributed by atoms with E-state index in [-0.39, 0.29) is 75.4 Å². The Bertz CT molecular complexity index is 1360. The van der Waals surface area contributed by atoms with E-state index >= 15 is 0 Å². The Kier molecular flexibility index (Phi) is 10.9. The molecule has 4 N–H and O–H groups in total. The number of hydrogen-bond donors (Lipinski definition) is 3. The second-order valence-corrected chi connectivity index (χ2v) is 12.6. The summed E-state index contributed by atoms with van der Waals surface area (Å²) in [6.45, 7) is 2.37. The molecule has 0 aliphatic carbocycles. The highest BCUT2D eigenvalue weighted by Crippen LogP contribution is 2.37. The molecular weight excluding hydrogens is 592 g/mol. The number of alkyl halides is 3. The van der Waals surface area contributed by atoms with Crippen molar-refractivity contribution in [1.82, 2.24) is 15.5 Å². The molecule has 14 heteroatoms. The Labute approximate surface area is 241 Å². The van der Waals surface area contributed by atoms with E-state index in [9.17, 15) is 31.2 Å². The first-order valence-corrected chi connectivity index (χ1v) is 15.1. The van der Waals surface area contributed by atoms with Gasteiger partial charge in [-0.1, -0.05) is 30.1 Å². The van der Waals surface area contributed by atoms with Gasteiger partial charge in [0.25, 0.3) is 5.91 Å². The summed E-state index contributed by atoms with van der Waals surface area (Å²) >= 11 is 12.3. The molecule has 2 aromatic carbocycles. The van der Waals surface area contributed by atoms with Crippen molar-refractivity contribution in [3.05, 3.63) is 62.6 Å². The van der Waals surface area contributed by atoms with E-state index in [0.717, 1.165) is 12.1 Å². The highest BCUT2D eigenvalue weighted by atomic mass is 35.5. The fraction of sp³-hybridized carbons (Fsp3) is 0.462. The first-order chi connectivity index (χ1) is 18.8. The largest absolute Gasteiger partial charge is 0.416 e. The van der Waals surface area contributed by atoms with E-state index in [1.165, 1.54) is 25.1 Å². The lowest BCUT2D eigenvalue weighted by Gasteiger charge is -2.33. The number of likely N-dealkylation sites (tertiary alicyclic amines) is 1. The molecule has 0 saturated carbocycles. The molecule has 2 amide bonds. The number of carbonyl (C=O) groups excluding carboxylic acids is 2. The fourth-order valence-electron chi connectivity index (χ4n) is 4.58. The van der Waals surface area contributed by atoms with Crippen LogP contribution in [0.2, 0.25) is 10.0 Å². The second-order valence-electron chi connectivity index (χ2n) is 9.47. The van der Waals surface area contributed by atoms with Crippen molar-refractivity contribution in [2.45, 2.75) is 43.9 Å². The van der Waals surface area contributed by atoms with Gasteiger partial charge in [-0.3, -0.25) is 14.5 Å². The smallest absolute Gasteiger partial charge is 0.355 e. The van der Waals surface area contributed by atoms with Gasteiger partial charge in [0.1, 0.15) is 0 Å². The third-order valence-electron chi connectivity index (χ3n) is 6.64. The summed E-state index contributed by atoms with van der Waals surface area (Å²) in [6, 6.07) is 5.99. The minimum Gasteiger partial charge on any atom is -0.355 e. The minimum atomic E-state index is -4.81. The van der Waals surface area contributed by atoms with Crippen LogP contribution in [0.3, 0.4) is 0 Å². The topological polar surface area (TPSA) is 122 Å². The van der Waals surface area contributed by atoms with Gasteiger partial charge in [0.15, 0.2) is 9.84 Å². The van der Waals surface area contributed by atoms with Gasteiger partial charge in [-0.05, 0) is 60.8 Å². The zero-order valence-corrected chi connectivity index (χ0v) is 24.1. The van der Waals surface area contributed by atoms with E-state index < -0.39 is 27.5 Å². The maximum atomic E-state index is 14.1. The molecule has 1 saturated heterocycles. The average molecular weight is 624 g/mol. The van der Waals surface area contributed by atoms with E-state index in [2.05, 4.69) is 10.6 Å². The van der Waals surface area contributed by atoms with Gasteiger partial charge in [-0.2, -0.15) is 13.2 Å². The van der Waals surface area contributed by atoms with Gasteiger partial charge in [-0.15, -0.1) is 0 Å². The van der Waals surface area contributed by atoms with E-state index in [4.69, 9.17) is 28.9 Å². The first-order valence-electron chi connectivity index (χ1n) is 12.7. The molecule has 0 radical (unpaired) electrons. The molecule has 40 heavy (non-hydrogen) atoms. The number of nitrogens with zero attached hydrogens (tertiary/aromatic N) is 1. The SMILES string of the molecule is CCS(=O)(=O)c1ccc(Cl)cc1CNC(=O)c1cc(Cl)c(CN2CCC[C@H](C(=O)NCCN)C2)c(C(F)(F)F)c1. The fourth-order valence-corrected chi connectivity index (χ4v) is 6.17. The van der Waals surface area contributed by atoms with Crippen molar-refractivity contribution in [2.75, 3.05) is 31.9 Å². The molecule has 1 heterocycles. The van der Waals surface area contributed by atoms with Crippen molar-refractivity contribution >= 4 is 44.9 Å². The molecule has 220 valence electrons. The highest BCUT2D eigenvalue weighted by molar-refractivity contribution is 7.91. The van der Waals surface area contributed by atoms with Gasteiger partial charge in [-0.25, -0.2) is 8.42 Å². The summed E-state index contributed by atoms with van der Waals surface area (Å²) in [4.78, 5) is 27.0.